The maximum absolute atomic E-state index is 12.4. The van der Waals surface area contributed by atoms with Gasteiger partial charge in [0.2, 0.25) is 11.3 Å². The molecular weight excluding hydrogens is 426 g/mol. The van der Waals surface area contributed by atoms with Gasteiger partial charge in [0.1, 0.15) is 11.5 Å². The fraction of sp³-hybridized carbons (Fsp3) is 0.318. The summed E-state index contributed by atoms with van der Waals surface area (Å²) in [5, 5.41) is 24.7. The van der Waals surface area contributed by atoms with Gasteiger partial charge in [-0.1, -0.05) is 19.9 Å². The molecule has 3 heterocycles. The van der Waals surface area contributed by atoms with Crippen LogP contribution in [0.3, 0.4) is 0 Å². The molecule has 3 N–H and O–H groups in total. The monoisotopic (exact) mass is 451 g/mol. The van der Waals surface area contributed by atoms with E-state index >= 15 is 0 Å². The fourth-order valence-electron chi connectivity index (χ4n) is 3.35. The number of nitrogens with zero attached hydrogens (tertiary/aromatic N) is 5. The predicted octanol–water partition coefficient (Wildman–Crippen LogP) is 3.87. The van der Waals surface area contributed by atoms with Gasteiger partial charge in [-0.3, -0.25) is 4.79 Å². The van der Waals surface area contributed by atoms with Crippen LogP contribution in [0.5, 0.6) is 5.75 Å². The van der Waals surface area contributed by atoms with Crippen LogP contribution in [0.2, 0.25) is 0 Å². The molecule has 0 aliphatic heterocycles. The van der Waals surface area contributed by atoms with Crippen molar-refractivity contribution in [2.75, 3.05) is 24.7 Å². The number of aryl methyl sites for hydroxylation is 1. The molecule has 1 aromatic carbocycles. The Kier molecular flexibility index (Phi) is 5.86. The van der Waals surface area contributed by atoms with Crippen molar-refractivity contribution in [3.05, 3.63) is 47.4 Å². The number of aromatic hydroxyl groups is 1. The SMILES string of the molecule is Cc1ccc([C@H](Nc2nc3nonc3nc2Nc2cccc(C(=O)N(C)C)c2O)C(C)C)o1. The number of carbonyl (C=O) groups is 1. The molecule has 0 radical (unpaired) electrons. The van der Waals surface area contributed by atoms with Crippen LogP contribution in [0, 0.1) is 12.8 Å². The smallest absolute Gasteiger partial charge is 0.257 e. The Hall–Kier alpha value is -4.15. The van der Waals surface area contributed by atoms with Gasteiger partial charge in [0.25, 0.3) is 5.91 Å². The number of anilines is 3. The number of amides is 1. The van der Waals surface area contributed by atoms with Gasteiger partial charge < -0.3 is 25.1 Å². The van der Waals surface area contributed by atoms with Crippen LogP contribution < -0.4 is 10.6 Å². The van der Waals surface area contributed by atoms with Crippen LogP contribution in [0.1, 0.15) is 41.8 Å². The molecule has 0 fully saturated rings. The lowest BCUT2D eigenvalue weighted by atomic mass is 10.0. The molecule has 0 aliphatic rings. The van der Waals surface area contributed by atoms with Crippen LogP contribution in [0.15, 0.2) is 39.4 Å². The number of rotatable bonds is 7. The molecule has 0 spiro atoms. The summed E-state index contributed by atoms with van der Waals surface area (Å²) in [6, 6.07) is 8.43. The average Bonchev–Trinajstić information content (AvgIpc) is 3.40. The van der Waals surface area contributed by atoms with E-state index in [9.17, 15) is 9.90 Å². The Morgan fingerprint density at radius 1 is 1.06 bits per heavy atom. The molecule has 1 amide bonds. The van der Waals surface area contributed by atoms with Gasteiger partial charge in [-0.15, -0.1) is 0 Å². The molecule has 4 rings (SSSR count). The topological polar surface area (TPSA) is 142 Å². The lowest BCUT2D eigenvalue weighted by Crippen LogP contribution is -2.22. The Morgan fingerprint density at radius 2 is 1.76 bits per heavy atom. The number of hydrogen-bond acceptors (Lipinski definition) is 10. The molecule has 4 aromatic rings. The third-order valence-corrected chi connectivity index (χ3v) is 5.07. The number of hydrogen-bond donors (Lipinski definition) is 3. The summed E-state index contributed by atoms with van der Waals surface area (Å²) >= 11 is 0. The van der Waals surface area contributed by atoms with Crippen LogP contribution in [0.25, 0.3) is 11.3 Å². The molecule has 11 nitrogen and oxygen atoms in total. The first-order chi connectivity index (χ1) is 15.7. The summed E-state index contributed by atoms with van der Waals surface area (Å²) in [6.45, 7) is 5.98. The van der Waals surface area contributed by atoms with E-state index in [2.05, 4.69) is 30.9 Å². The van der Waals surface area contributed by atoms with Crippen molar-refractivity contribution in [3.63, 3.8) is 0 Å². The summed E-state index contributed by atoms with van der Waals surface area (Å²) in [6.07, 6.45) is 0. The van der Waals surface area contributed by atoms with E-state index in [1.54, 1.807) is 32.3 Å². The second-order valence-electron chi connectivity index (χ2n) is 8.17. The Labute approximate surface area is 189 Å². The summed E-state index contributed by atoms with van der Waals surface area (Å²) < 4.78 is 10.6. The lowest BCUT2D eigenvalue weighted by molar-refractivity contribution is 0.0824. The van der Waals surface area contributed by atoms with Crippen molar-refractivity contribution in [2.45, 2.75) is 26.8 Å². The highest BCUT2D eigenvalue weighted by Crippen LogP contribution is 2.35. The van der Waals surface area contributed by atoms with Gasteiger partial charge in [0.15, 0.2) is 17.4 Å². The van der Waals surface area contributed by atoms with Crippen LogP contribution in [-0.4, -0.2) is 50.3 Å². The van der Waals surface area contributed by atoms with Crippen molar-refractivity contribution in [1.29, 1.82) is 0 Å². The van der Waals surface area contributed by atoms with Gasteiger partial charge in [0.05, 0.1) is 17.3 Å². The van der Waals surface area contributed by atoms with E-state index in [1.807, 2.05) is 32.9 Å². The van der Waals surface area contributed by atoms with Gasteiger partial charge in [-0.05, 0) is 47.4 Å². The second kappa shape index (κ2) is 8.77. The van der Waals surface area contributed by atoms with Crippen molar-refractivity contribution in [3.8, 4) is 5.75 Å². The molecule has 0 bridgehead atoms. The molecule has 172 valence electrons. The van der Waals surface area contributed by atoms with Crippen molar-refractivity contribution in [2.24, 2.45) is 5.92 Å². The molecule has 0 saturated carbocycles. The second-order valence-corrected chi connectivity index (χ2v) is 8.17. The van der Waals surface area contributed by atoms with Crippen LogP contribution >= 0.6 is 0 Å². The highest BCUT2D eigenvalue weighted by molar-refractivity contribution is 5.98. The number of phenolic OH excluding ortho intramolecular Hbond substituents is 1. The van der Waals surface area contributed by atoms with E-state index < -0.39 is 0 Å². The van der Waals surface area contributed by atoms with E-state index in [1.165, 1.54) is 4.90 Å². The molecule has 33 heavy (non-hydrogen) atoms. The number of nitrogens with one attached hydrogen (secondary N) is 2. The largest absolute Gasteiger partial charge is 0.505 e. The minimum absolute atomic E-state index is 0.144. The first kappa shape index (κ1) is 22.1. The van der Waals surface area contributed by atoms with Gasteiger partial charge in [-0.25, -0.2) is 14.6 Å². The van der Waals surface area contributed by atoms with Gasteiger partial charge in [-0.2, -0.15) is 0 Å². The van der Waals surface area contributed by atoms with Crippen molar-refractivity contribution >= 4 is 34.5 Å². The molecule has 3 aromatic heterocycles. The first-order valence-electron chi connectivity index (χ1n) is 10.4. The van der Waals surface area contributed by atoms with Crippen molar-refractivity contribution < 1.29 is 18.9 Å². The first-order valence-corrected chi connectivity index (χ1v) is 10.4. The zero-order chi connectivity index (χ0) is 23.7. The summed E-state index contributed by atoms with van der Waals surface area (Å²) in [5.74, 6) is 1.78. The van der Waals surface area contributed by atoms with Gasteiger partial charge in [0, 0.05) is 14.1 Å². The highest BCUT2D eigenvalue weighted by atomic mass is 16.6. The Morgan fingerprint density at radius 3 is 2.36 bits per heavy atom. The van der Waals surface area contributed by atoms with E-state index in [-0.39, 0.29) is 52.0 Å². The summed E-state index contributed by atoms with van der Waals surface area (Å²) in [7, 11) is 3.23. The minimum atomic E-state index is -0.329. The molecular formula is C22H25N7O4. The van der Waals surface area contributed by atoms with Crippen LogP contribution in [0.4, 0.5) is 17.3 Å². The number of para-hydroxylation sites is 1. The number of benzene rings is 1. The maximum atomic E-state index is 12.4. The Balaban J connectivity index is 1.75. The number of furan rings is 1. The zero-order valence-electron chi connectivity index (χ0n) is 18.9. The fourth-order valence-corrected chi connectivity index (χ4v) is 3.35. The molecule has 1 atom stereocenters. The lowest BCUT2D eigenvalue weighted by Gasteiger charge is -2.22. The van der Waals surface area contributed by atoms with E-state index in [0.29, 0.717) is 5.82 Å². The molecule has 11 heteroatoms. The standard InChI is InChI=1S/C22H25N7O4/c1-11(2)16(15-10-9-12(3)32-15)24-19-18(25-20-21(26-19)28-33-27-20)23-14-8-6-7-13(17(14)30)22(31)29(4)5/h6-11,16,30H,1-5H3,(H,23,25,27)(H,24,26,28)/t16-/m1/s1. The average molecular weight is 451 g/mol. The molecule has 0 unspecified atom stereocenters. The van der Waals surface area contributed by atoms with Crippen LogP contribution in [-0.2, 0) is 0 Å². The van der Waals surface area contributed by atoms with Crippen molar-refractivity contribution in [1.82, 2.24) is 25.2 Å². The molecule has 0 aliphatic carbocycles. The third-order valence-electron chi connectivity index (χ3n) is 5.07. The summed E-state index contributed by atoms with van der Waals surface area (Å²) in [4.78, 5) is 22.8. The summed E-state index contributed by atoms with van der Waals surface area (Å²) in [5.41, 5.74) is 0.855. The predicted molar refractivity (Wildman–Crippen MR) is 121 cm³/mol. The normalized spacial score (nSPS) is 12.2. The molecule has 0 saturated heterocycles. The van der Waals surface area contributed by atoms with Gasteiger partial charge >= 0.3 is 0 Å². The number of aromatic nitrogens is 4. The van der Waals surface area contributed by atoms with E-state index in [4.69, 9.17) is 9.05 Å². The zero-order valence-corrected chi connectivity index (χ0v) is 18.9. The Bertz CT molecular complexity index is 1300. The number of carbonyl (C=O) groups excluding carboxylic acids is 1. The highest BCUT2D eigenvalue weighted by Gasteiger charge is 2.24. The number of phenols is 1. The quantitative estimate of drug-likeness (QED) is 0.354. The third kappa shape index (κ3) is 4.43. The number of fused-ring (bicyclic) bond motifs is 1. The van der Waals surface area contributed by atoms with E-state index in [0.717, 1.165) is 11.5 Å². The maximum Gasteiger partial charge on any atom is 0.257 e. The minimum Gasteiger partial charge on any atom is -0.505 e.